The lowest BCUT2D eigenvalue weighted by Gasteiger charge is -2.18. The molecule has 1 aromatic rings. The van der Waals surface area contributed by atoms with Crippen molar-refractivity contribution in [2.24, 2.45) is 0 Å². The quantitative estimate of drug-likeness (QED) is 0.836. The van der Waals surface area contributed by atoms with Crippen molar-refractivity contribution in [1.82, 2.24) is 5.32 Å². The van der Waals surface area contributed by atoms with Gasteiger partial charge in [-0.15, -0.1) is 0 Å². The molecule has 0 radical (unpaired) electrons. The van der Waals surface area contributed by atoms with Gasteiger partial charge in [0.25, 0.3) is 0 Å². The van der Waals surface area contributed by atoms with Crippen molar-refractivity contribution in [2.75, 3.05) is 13.2 Å². The molecule has 2 aliphatic heterocycles. The molecule has 1 fully saturated rings. The monoisotopic (exact) mass is 275 g/mol. The smallest absolute Gasteiger partial charge is 0.165 e. The van der Waals surface area contributed by atoms with Gasteiger partial charge in [0.1, 0.15) is 5.60 Å². The van der Waals surface area contributed by atoms with Crippen LogP contribution in [0.3, 0.4) is 0 Å². The fraction of sp³-hybridized carbons (Fsp3) is 0.647. The zero-order valence-corrected chi connectivity index (χ0v) is 12.6. The number of fused-ring (bicyclic) bond motifs is 1. The van der Waals surface area contributed by atoms with Crippen LogP contribution in [0, 0.1) is 0 Å². The van der Waals surface area contributed by atoms with Crippen molar-refractivity contribution in [3.8, 4) is 11.5 Å². The first-order valence-electron chi connectivity index (χ1n) is 7.81. The first-order chi connectivity index (χ1) is 9.64. The second-order valence-corrected chi connectivity index (χ2v) is 6.57. The summed E-state index contributed by atoms with van der Waals surface area (Å²) in [6.45, 7) is 6.21. The molecule has 1 saturated heterocycles. The van der Waals surface area contributed by atoms with Crippen LogP contribution in [0.25, 0.3) is 0 Å². The number of benzene rings is 1. The summed E-state index contributed by atoms with van der Waals surface area (Å²) >= 11 is 0. The molecule has 2 aliphatic rings. The summed E-state index contributed by atoms with van der Waals surface area (Å²) in [5, 5.41) is 3.53. The lowest BCUT2D eigenvalue weighted by Crippen LogP contribution is -2.24. The average Bonchev–Trinajstić information content (AvgIpc) is 3.00. The van der Waals surface area contributed by atoms with E-state index in [1.54, 1.807) is 0 Å². The predicted molar refractivity (Wildman–Crippen MR) is 80.6 cm³/mol. The fourth-order valence-electron chi connectivity index (χ4n) is 3.22. The summed E-state index contributed by atoms with van der Waals surface area (Å²) in [6, 6.07) is 6.93. The summed E-state index contributed by atoms with van der Waals surface area (Å²) in [5.41, 5.74) is 1.17. The van der Waals surface area contributed by atoms with Crippen molar-refractivity contribution in [3.05, 3.63) is 23.8 Å². The maximum Gasteiger partial charge on any atom is 0.165 e. The molecule has 0 aliphatic carbocycles. The van der Waals surface area contributed by atoms with E-state index >= 15 is 0 Å². The minimum atomic E-state index is -0.102. The van der Waals surface area contributed by atoms with Crippen molar-refractivity contribution >= 4 is 0 Å². The average molecular weight is 275 g/mol. The summed E-state index contributed by atoms with van der Waals surface area (Å²) < 4.78 is 12.0. The van der Waals surface area contributed by atoms with Crippen LogP contribution >= 0.6 is 0 Å². The van der Waals surface area contributed by atoms with Gasteiger partial charge in [0.05, 0.1) is 6.61 Å². The van der Waals surface area contributed by atoms with Gasteiger partial charge in [-0.25, -0.2) is 0 Å². The van der Waals surface area contributed by atoms with E-state index in [2.05, 4.69) is 31.3 Å². The van der Waals surface area contributed by atoms with Gasteiger partial charge in [-0.1, -0.05) is 12.1 Å². The minimum absolute atomic E-state index is 0.102. The molecule has 1 unspecified atom stereocenters. The first-order valence-corrected chi connectivity index (χ1v) is 7.81. The molecule has 0 aromatic heterocycles. The fourth-order valence-corrected chi connectivity index (χ4v) is 3.22. The van der Waals surface area contributed by atoms with Crippen LogP contribution in [0.15, 0.2) is 18.2 Å². The summed E-state index contributed by atoms with van der Waals surface area (Å²) in [7, 11) is 0. The molecule has 0 amide bonds. The Labute approximate surface area is 121 Å². The Balaban J connectivity index is 1.52. The number of para-hydroxylation sites is 1. The van der Waals surface area contributed by atoms with Gasteiger partial charge in [0.2, 0.25) is 0 Å². The SMILES string of the molecule is CC1(C)Cc2cccc(OCCCC3CCCN3)c2O1. The van der Waals surface area contributed by atoms with Crippen LogP contribution in [-0.2, 0) is 6.42 Å². The molecule has 3 heteroatoms. The third kappa shape index (κ3) is 3.09. The van der Waals surface area contributed by atoms with Crippen molar-refractivity contribution in [2.45, 2.75) is 57.6 Å². The summed E-state index contributed by atoms with van der Waals surface area (Å²) in [6.07, 6.45) is 5.91. The molecule has 1 atom stereocenters. The Bertz CT molecular complexity index is 464. The van der Waals surface area contributed by atoms with E-state index < -0.39 is 0 Å². The van der Waals surface area contributed by atoms with Gasteiger partial charge in [-0.2, -0.15) is 0 Å². The van der Waals surface area contributed by atoms with Crippen LogP contribution in [-0.4, -0.2) is 24.8 Å². The Kier molecular flexibility index (Phi) is 3.88. The minimum Gasteiger partial charge on any atom is -0.490 e. The number of hydrogen-bond acceptors (Lipinski definition) is 3. The molecule has 1 aromatic carbocycles. The Morgan fingerprint density at radius 1 is 1.40 bits per heavy atom. The van der Waals surface area contributed by atoms with Crippen molar-refractivity contribution in [3.63, 3.8) is 0 Å². The Hall–Kier alpha value is -1.22. The summed E-state index contributed by atoms with van der Waals surface area (Å²) in [5.74, 6) is 1.86. The highest BCUT2D eigenvalue weighted by Crippen LogP contribution is 2.41. The van der Waals surface area contributed by atoms with Gasteiger partial charge in [-0.05, 0) is 52.1 Å². The molecule has 110 valence electrons. The van der Waals surface area contributed by atoms with E-state index in [0.717, 1.165) is 30.9 Å². The van der Waals surface area contributed by atoms with E-state index in [0.29, 0.717) is 6.04 Å². The van der Waals surface area contributed by atoms with Gasteiger partial charge in [-0.3, -0.25) is 0 Å². The third-order valence-corrected chi connectivity index (χ3v) is 4.17. The molecule has 0 saturated carbocycles. The second-order valence-electron chi connectivity index (χ2n) is 6.57. The van der Waals surface area contributed by atoms with Gasteiger partial charge in [0.15, 0.2) is 11.5 Å². The lowest BCUT2D eigenvalue weighted by atomic mass is 10.0. The topological polar surface area (TPSA) is 30.5 Å². The highest BCUT2D eigenvalue weighted by molar-refractivity contribution is 5.50. The van der Waals surface area contributed by atoms with Crippen molar-refractivity contribution < 1.29 is 9.47 Å². The number of rotatable bonds is 5. The maximum absolute atomic E-state index is 6.02. The van der Waals surface area contributed by atoms with Crippen LogP contribution in [0.1, 0.15) is 45.1 Å². The van der Waals surface area contributed by atoms with Gasteiger partial charge >= 0.3 is 0 Å². The van der Waals surface area contributed by atoms with Crippen LogP contribution in [0.4, 0.5) is 0 Å². The number of nitrogens with one attached hydrogen (secondary N) is 1. The third-order valence-electron chi connectivity index (χ3n) is 4.17. The lowest BCUT2D eigenvalue weighted by molar-refractivity contribution is 0.132. The molecular weight excluding hydrogens is 250 g/mol. The van der Waals surface area contributed by atoms with Crippen LogP contribution < -0.4 is 14.8 Å². The van der Waals surface area contributed by atoms with E-state index in [1.165, 1.54) is 31.4 Å². The molecule has 3 nitrogen and oxygen atoms in total. The van der Waals surface area contributed by atoms with Gasteiger partial charge in [0, 0.05) is 18.0 Å². The number of ether oxygens (including phenoxy) is 2. The first kappa shape index (κ1) is 13.7. The van der Waals surface area contributed by atoms with E-state index in [-0.39, 0.29) is 5.60 Å². The van der Waals surface area contributed by atoms with Crippen molar-refractivity contribution in [1.29, 1.82) is 0 Å². The standard InChI is InChI=1S/C17H25NO2/c1-17(2)12-13-6-3-9-15(16(13)20-17)19-11-5-8-14-7-4-10-18-14/h3,6,9,14,18H,4-5,7-8,10-12H2,1-2H3. The van der Waals surface area contributed by atoms with Crippen LogP contribution in [0.2, 0.25) is 0 Å². The molecule has 3 rings (SSSR count). The van der Waals surface area contributed by atoms with E-state index in [9.17, 15) is 0 Å². The summed E-state index contributed by atoms with van der Waals surface area (Å²) in [4.78, 5) is 0. The van der Waals surface area contributed by atoms with E-state index in [1.807, 2.05) is 6.07 Å². The number of hydrogen-bond donors (Lipinski definition) is 1. The maximum atomic E-state index is 6.02. The molecule has 20 heavy (non-hydrogen) atoms. The zero-order valence-electron chi connectivity index (χ0n) is 12.6. The second kappa shape index (κ2) is 5.65. The zero-order chi connectivity index (χ0) is 14.0. The van der Waals surface area contributed by atoms with Crippen LogP contribution in [0.5, 0.6) is 11.5 Å². The highest BCUT2D eigenvalue weighted by atomic mass is 16.5. The van der Waals surface area contributed by atoms with E-state index in [4.69, 9.17) is 9.47 Å². The Morgan fingerprint density at radius 3 is 3.10 bits per heavy atom. The molecule has 0 spiro atoms. The van der Waals surface area contributed by atoms with Gasteiger partial charge < -0.3 is 14.8 Å². The molecule has 0 bridgehead atoms. The normalized spacial score (nSPS) is 23.4. The molecule has 1 N–H and O–H groups in total. The molecule has 2 heterocycles. The highest BCUT2D eigenvalue weighted by Gasteiger charge is 2.32. The Morgan fingerprint density at radius 2 is 2.30 bits per heavy atom. The largest absolute Gasteiger partial charge is 0.490 e. The molecular formula is C17H25NO2. The predicted octanol–water partition coefficient (Wildman–Crippen LogP) is 3.31.